The Morgan fingerprint density at radius 1 is 1.50 bits per heavy atom. The first kappa shape index (κ1) is 7.55. The van der Waals surface area contributed by atoms with Crippen LogP contribution in [0.3, 0.4) is 0 Å². The van der Waals surface area contributed by atoms with Crippen molar-refractivity contribution in [2.75, 3.05) is 0 Å². The molecule has 62 valence electrons. The molecular formula is C8H8ClN3. The summed E-state index contributed by atoms with van der Waals surface area (Å²) in [6, 6.07) is 1.82. The molecule has 4 heteroatoms. The van der Waals surface area contributed by atoms with E-state index >= 15 is 0 Å². The molecule has 2 heterocycles. The summed E-state index contributed by atoms with van der Waals surface area (Å²) in [5.41, 5.74) is 2.51. The molecule has 2 rings (SSSR count). The second-order valence-electron chi connectivity index (χ2n) is 2.77. The van der Waals surface area contributed by atoms with Crippen LogP contribution in [0.15, 0.2) is 12.4 Å². The first-order valence-corrected chi connectivity index (χ1v) is 4.00. The maximum atomic E-state index is 5.96. The summed E-state index contributed by atoms with van der Waals surface area (Å²) < 4.78 is 1.86. The number of hydrogen-bond donors (Lipinski definition) is 0. The van der Waals surface area contributed by atoms with Crippen molar-refractivity contribution in [3.05, 3.63) is 23.1 Å². The van der Waals surface area contributed by atoms with Crippen LogP contribution in [0, 0.1) is 6.92 Å². The lowest BCUT2D eigenvalue weighted by molar-refractivity contribution is 0.927. The van der Waals surface area contributed by atoms with E-state index in [-0.39, 0.29) is 0 Å². The van der Waals surface area contributed by atoms with E-state index in [0.717, 1.165) is 16.9 Å². The summed E-state index contributed by atoms with van der Waals surface area (Å²) >= 11 is 5.96. The maximum absolute atomic E-state index is 5.96. The van der Waals surface area contributed by atoms with Gasteiger partial charge < -0.3 is 4.57 Å². The van der Waals surface area contributed by atoms with Crippen molar-refractivity contribution in [3.63, 3.8) is 0 Å². The Balaban J connectivity index is 2.92. The summed E-state index contributed by atoms with van der Waals surface area (Å²) in [7, 11) is 1.90. The fourth-order valence-corrected chi connectivity index (χ4v) is 1.47. The van der Waals surface area contributed by atoms with E-state index < -0.39 is 0 Å². The minimum atomic E-state index is 0.665. The van der Waals surface area contributed by atoms with Gasteiger partial charge in [0.05, 0.1) is 11.3 Å². The number of hydrogen-bond acceptors (Lipinski definition) is 2. The van der Waals surface area contributed by atoms with Crippen LogP contribution in [0.5, 0.6) is 0 Å². The van der Waals surface area contributed by atoms with Crippen molar-refractivity contribution >= 4 is 22.8 Å². The van der Waals surface area contributed by atoms with Gasteiger partial charge in [-0.3, -0.25) is 0 Å². The van der Waals surface area contributed by atoms with Crippen LogP contribution in [-0.4, -0.2) is 14.5 Å². The quantitative estimate of drug-likeness (QED) is 0.622. The van der Waals surface area contributed by atoms with E-state index in [9.17, 15) is 0 Å². The van der Waals surface area contributed by atoms with E-state index in [1.54, 1.807) is 6.33 Å². The predicted molar refractivity (Wildman–Crippen MR) is 48.3 cm³/mol. The first-order valence-electron chi connectivity index (χ1n) is 3.62. The molecule has 0 saturated heterocycles. The first-order chi connectivity index (χ1) is 5.68. The Morgan fingerprint density at radius 3 is 3.00 bits per heavy atom. The summed E-state index contributed by atoms with van der Waals surface area (Å²) in [5, 5.41) is 0.665. The van der Waals surface area contributed by atoms with Crippen LogP contribution in [-0.2, 0) is 7.05 Å². The van der Waals surface area contributed by atoms with Crippen molar-refractivity contribution in [3.8, 4) is 0 Å². The van der Waals surface area contributed by atoms with Crippen LogP contribution in [0.2, 0.25) is 5.02 Å². The van der Waals surface area contributed by atoms with Gasteiger partial charge in [0, 0.05) is 12.7 Å². The van der Waals surface area contributed by atoms with Gasteiger partial charge >= 0.3 is 0 Å². The Morgan fingerprint density at radius 2 is 2.25 bits per heavy atom. The zero-order chi connectivity index (χ0) is 8.72. The normalized spacial score (nSPS) is 10.9. The number of halogens is 1. The standard InChI is InChI=1S/C8H8ClN3/c1-5-3-6(9)7-8(11-5)12(2)4-10-7/h3-4H,1-2H3. The van der Waals surface area contributed by atoms with Gasteiger partial charge in [-0.15, -0.1) is 0 Å². The molecule has 0 aliphatic rings. The average Bonchev–Trinajstić information content (AvgIpc) is 2.33. The number of aromatic nitrogens is 3. The third-order valence-corrected chi connectivity index (χ3v) is 2.04. The van der Waals surface area contributed by atoms with Crippen molar-refractivity contribution in [1.82, 2.24) is 14.5 Å². The van der Waals surface area contributed by atoms with Crippen molar-refractivity contribution < 1.29 is 0 Å². The average molecular weight is 182 g/mol. The summed E-state index contributed by atoms with van der Waals surface area (Å²) in [6.07, 6.45) is 1.71. The number of nitrogens with zero attached hydrogens (tertiary/aromatic N) is 3. The highest BCUT2D eigenvalue weighted by Crippen LogP contribution is 2.20. The highest BCUT2D eigenvalue weighted by molar-refractivity contribution is 6.34. The lowest BCUT2D eigenvalue weighted by Crippen LogP contribution is -1.89. The van der Waals surface area contributed by atoms with E-state index in [4.69, 9.17) is 11.6 Å². The molecule has 0 aliphatic heterocycles. The van der Waals surface area contributed by atoms with Crippen LogP contribution in [0.25, 0.3) is 11.2 Å². The number of aryl methyl sites for hydroxylation is 2. The molecule has 0 aromatic carbocycles. The topological polar surface area (TPSA) is 30.7 Å². The Bertz CT molecular complexity index is 433. The van der Waals surface area contributed by atoms with E-state index in [1.165, 1.54) is 0 Å². The molecule has 0 radical (unpaired) electrons. The molecule has 0 unspecified atom stereocenters. The Hall–Kier alpha value is -1.09. The maximum Gasteiger partial charge on any atom is 0.161 e. The Kier molecular flexibility index (Phi) is 1.54. The molecule has 2 aromatic rings. The van der Waals surface area contributed by atoms with Crippen LogP contribution < -0.4 is 0 Å². The molecule has 0 aliphatic carbocycles. The van der Waals surface area contributed by atoms with Crippen LogP contribution in [0.1, 0.15) is 5.69 Å². The zero-order valence-corrected chi connectivity index (χ0v) is 7.63. The van der Waals surface area contributed by atoms with Gasteiger partial charge in [-0.1, -0.05) is 11.6 Å². The SMILES string of the molecule is Cc1cc(Cl)c2ncn(C)c2n1. The van der Waals surface area contributed by atoms with Gasteiger partial charge in [0.1, 0.15) is 5.52 Å². The van der Waals surface area contributed by atoms with Gasteiger partial charge in [-0.25, -0.2) is 9.97 Å². The monoisotopic (exact) mass is 181 g/mol. The number of fused-ring (bicyclic) bond motifs is 1. The summed E-state index contributed by atoms with van der Waals surface area (Å²) in [6.45, 7) is 1.92. The number of imidazole rings is 1. The molecular weight excluding hydrogens is 174 g/mol. The van der Waals surface area contributed by atoms with E-state index in [2.05, 4.69) is 9.97 Å². The second-order valence-corrected chi connectivity index (χ2v) is 3.18. The minimum Gasteiger partial charge on any atom is -0.318 e. The Labute approximate surface area is 75.0 Å². The van der Waals surface area contributed by atoms with Crippen LogP contribution >= 0.6 is 11.6 Å². The highest BCUT2D eigenvalue weighted by atomic mass is 35.5. The largest absolute Gasteiger partial charge is 0.318 e. The zero-order valence-electron chi connectivity index (χ0n) is 6.87. The third kappa shape index (κ3) is 0.975. The molecule has 0 saturated carbocycles. The van der Waals surface area contributed by atoms with Crippen molar-refractivity contribution in [2.45, 2.75) is 6.92 Å². The fraction of sp³-hybridized carbons (Fsp3) is 0.250. The summed E-state index contributed by atoms with van der Waals surface area (Å²) in [4.78, 5) is 8.44. The molecule has 2 aromatic heterocycles. The smallest absolute Gasteiger partial charge is 0.161 e. The predicted octanol–water partition coefficient (Wildman–Crippen LogP) is 1.93. The molecule has 12 heavy (non-hydrogen) atoms. The molecule has 0 N–H and O–H groups in total. The lowest BCUT2D eigenvalue weighted by atomic mass is 10.3. The number of rotatable bonds is 0. The molecule has 0 bridgehead atoms. The molecule has 0 atom stereocenters. The summed E-state index contributed by atoms with van der Waals surface area (Å²) in [5.74, 6) is 0. The van der Waals surface area contributed by atoms with Gasteiger partial charge in [0.25, 0.3) is 0 Å². The van der Waals surface area contributed by atoms with Crippen molar-refractivity contribution in [1.29, 1.82) is 0 Å². The van der Waals surface area contributed by atoms with Gasteiger partial charge in [-0.2, -0.15) is 0 Å². The second kappa shape index (κ2) is 2.45. The van der Waals surface area contributed by atoms with Gasteiger partial charge in [0.15, 0.2) is 5.65 Å². The highest BCUT2D eigenvalue weighted by Gasteiger charge is 2.05. The third-order valence-electron chi connectivity index (χ3n) is 1.75. The molecule has 3 nitrogen and oxygen atoms in total. The molecule has 0 spiro atoms. The minimum absolute atomic E-state index is 0.665. The molecule has 0 amide bonds. The molecule has 0 fully saturated rings. The van der Waals surface area contributed by atoms with E-state index in [0.29, 0.717) is 5.02 Å². The van der Waals surface area contributed by atoms with Crippen LogP contribution in [0.4, 0.5) is 0 Å². The van der Waals surface area contributed by atoms with Crippen molar-refractivity contribution in [2.24, 2.45) is 7.05 Å². The van der Waals surface area contributed by atoms with E-state index in [1.807, 2.05) is 24.6 Å². The van der Waals surface area contributed by atoms with Gasteiger partial charge in [0.2, 0.25) is 0 Å². The fourth-order valence-electron chi connectivity index (χ4n) is 1.18. The number of pyridine rings is 1. The lowest BCUT2D eigenvalue weighted by Gasteiger charge is -1.96. The van der Waals surface area contributed by atoms with Gasteiger partial charge in [-0.05, 0) is 13.0 Å².